The van der Waals surface area contributed by atoms with Gasteiger partial charge in [0.15, 0.2) is 0 Å². The van der Waals surface area contributed by atoms with Gasteiger partial charge in [-0.3, -0.25) is 4.79 Å². The highest BCUT2D eigenvalue weighted by atomic mass is 32.2. The van der Waals surface area contributed by atoms with E-state index < -0.39 is 10.0 Å². The van der Waals surface area contributed by atoms with Crippen LogP contribution in [0.3, 0.4) is 0 Å². The average molecular weight is 443 g/mol. The second kappa shape index (κ2) is 9.51. The Morgan fingerprint density at radius 1 is 0.968 bits per heavy atom. The third-order valence-corrected chi connectivity index (χ3v) is 8.42. The van der Waals surface area contributed by atoms with Crippen LogP contribution in [0.1, 0.15) is 47.5 Å². The lowest BCUT2D eigenvalue weighted by Crippen LogP contribution is -2.41. The average Bonchev–Trinajstić information content (AvgIpc) is 2.84. The molecule has 0 N–H and O–H groups in total. The minimum Gasteiger partial charge on any atom is -0.379 e. The second-order valence-corrected chi connectivity index (χ2v) is 10.3. The van der Waals surface area contributed by atoms with Gasteiger partial charge in [0, 0.05) is 31.7 Å². The molecule has 166 valence electrons. The Balaban J connectivity index is 1.43. The Bertz CT molecular complexity index is 995. The molecule has 1 saturated heterocycles. The van der Waals surface area contributed by atoms with Crippen LogP contribution < -0.4 is 0 Å². The van der Waals surface area contributed by atoms with E-state index in [9.17, 15) is 13.2 Å². The van der Waals surface area contributed by atoms with Gasteiger partial charge in [-0.1, -0.05) is 36.4 Å². The van der Waals surface area contributed by atoms with Gasteiger partial charge >= 0.3 is 0 Å². The molecule has 0 unspecified atom stereocenters. The van der Waals surface area contributed by atoms with Gasteiger partial charge in [-0.2, -0.15) is 4.31 Å². The van der Waals surface area contributed by atoms with Crippen LogP contribution in [0.25, 0.3) is 0 Å². The summed E-state index contributed by atoms with van der Waals surface area (Å²) >= 11 is 0. The van der Waals surface area contributed by atoms with Crippen LogP contribution >= 0.6 is 0 Å². The Morgan fingerprint density at radius 3 is 2.32 bits per heavy atom. The van der Waals surface area contributed by atoms with E-state index in [2.05, 4.69) is 24.3 Å². The van der Waals surface area contributed by atoms with Crippen molar-refractivity contribution in [2.45, 2.75) is 42.5 Å². The van der Waals surface area contributed by atoms with Gasteiger partial charge in [0.25, 0.3) is 5.91 Å². The van der Waals surface area contributed by atoms with Gasteiger partial charge < -0.3 is 9.64 Å². The third kappa shape index (κ3) is 4.84. The first-order chi connectivity index (χ1) is 15.0. The quantitative estimate of drug-likeness (QED) is 0.711. The molecular formula is C24H30N2O4S. The van der Waals surface area contributed by atoms with Gasteiger partial charge in [0.1, 0.15) is 0 Å². The molecule has 1 saturated carbocycles. The molecule has 0 aromatic heterocycles. The molecule has 2 fully saturated rings. The van der Waals surface area contributed by atoms with Crippen LogP contribution in [-0.2, 0) is 14.8 Å². The first-order valence-corrected chi connectivity index (χ1v) is 12.4. The van der Waals surface area contributed by atoms with E-state index in [4.69, 9.17) is 4.74 Å². The van der Waals surface area contributed by atoms with E-state index in [-0.39, 0.29) is 16.8 Å². The smallest absolute Gasteiger partial charge is 0.253 e. The predicted molar refractivity (Wildman–Crippen MR) is 120 cm³/mol. The Kier molecular flexibility index (Phi) is 6.74. The maximum absolute atomic E-state index is 13.1. The van der Waals surface area contributed by atoms with E-state index >= 15 is 0 Å². The summed E-state index contributed by atoms with van der Waals surface area (Å²) in [5.41, 5.74) is 1.79. The van der Waals surface area contributed by atoms with Gasteiger partial charge in [0.05, 0.1) is 18.1 Å². The molecule has 0 bridgehead atoms. The summed E-state index contributed by atoms with van der Waals surface area (Å²) in [5.74, 6) is 0.421. The highest BCUT2D eigenvalue weighted by Crippen LogP contribution is 2.34. The normalized spacial score (nSPS) is 22.7. The molecule has 6 nitrogen and oxygen atoms in total. The lowest BCUT2D eigenvalue weighted by molar-refractivity contribution is 0.0688. The van der Waals surface area contributed by atoms with E-state index in [0.717, 1.165) is 25.7 Å². The topological polar surface area (TPSA) is 66.9 Å². The number of rotatable bonds is 5. The van der Waals surface area contributed by atoms with Gasteiger partial charge in [-0.15, -0.1) is 0 Å². The molecule has 0 radical (unpaired) electrons. The van der Waals surface area contributed by atoms with Crippen LogP contribution in [-0.4, -0.2) is 62.9 Å². The zero-order valence-corrected chi connectivity index (χ0v) is 18.8. The van der Waals surface area contributed by atoms with E-state index in [1.165, 1.54) is 15.9 Å². The SMILES string of the molecule is CN(C(=O)c1cccc(S(=O)(=O)N2CCOCC2)c1)C1CCC(c2ccccc2)CC1. The maximum Gasteiger partial charge on any atom is 0.253 e. The van der Waals surface area contributed by atoms with Crippen molar-refractivity contribution in [1.29, 1.82) is 0 Å². The second-order valence-electron chi connectivity index (χ2n) is 8.38. The van der Waals surface area contributed by atoms with Crippen molar-refractivity contribution < 1.29 is 17.9 Å². The monoisotopic (exact) mass is 442 g/mol. The number of morpholine rings is 1. The largest absolute Gasteiger partial charge is 0.379 e. The van der Waals surface area contributed by atoms with Crippen molar-refractivity contribution in [2.75, 3.05) is 33.4 Å². The number of nitrogens with zero attached hydrogens (tertiary/aromatic N) is 2. The van der Waals surface area contributed by atoms with Crippen molar-refractivity contribution in [2.24, 2.45) is 0 Å². The molecule has 31 heavy (non-hydrogen) atoms. The molecule has 1 heterocycles. The standard InChI is InChI=1S/C24H30N2O4S/c1-25(22-12-10-20(11-13-22)19-6-3-2-4-7-19)24(27)21-8-5-9-23(18-21)31(28,29)26-14-16-30-17-15-26/h2-9,18,20,22H,10-17H2,1H3. The summed E-state index contributed by atoms with van der Waals surface area (Å²) in [6, 6.07) is 17.2. The molecule has 1 aliphatic carbocycles. The molecule has 7 heteroatoms. The van der Waals surface area contributed by atoms with Gasteiger partial charge in [-0.05, 0) is 55.4 Å². The number of amides is 1. The Morgan fingerprint density at radius 2 is 1.65 bits per heavy atom. The number of sulfonamides is 1. The molecule has 1 amide bonds. The highest BCUT2D eigenvalue weighted by Gasteiger charge is 2.30. The molecule has 1 aliphatic heterocycles. The fraction of sp³-hybridized carbons (Fsp3) is 0.458. The van der Waals surface area contributed by atoms with Crippen molar-refractivity contribution in [3.05, 3.63) is 65.7 Å². The Hall–Kier alpha value is -2.22. The van der Waals surface area contributed by atoms with Crippen LogP contribution in [0.5, 0.6) is 0 Å². The van der Waals surface area contributed by atoms with Crippen LogP contribution in [0, 0.1) is 0 Å². The fourth-order valence-corrected chi connectivity index (χ4v) is 6.07. The minimum absolute atomic E-state index is 0.123. The van der Waals surface area contributed by atoms with Gasteiger partial charge in [-0.25, -0.2) is 8.42 Å². The van der Waals surface area contributed by atoms with Crippen LogP contribution in [0.2, 0.25) is 0 Å². The molecule has 2 aromatic rings. The molecule has 4 rings (SSSR count). The highest BCUT2D eigenvalue weighted by molar-refractivity contribution is 7.89. The summed E-state index contributed by atoms with van der Waals surface area (Å²) in [6.45, 7) is 1.47. The van der Waals surface area contributed by atoms with Gasteiger partial charge in [0.2, 0.25) is 10.0 Å². The minimum atomic E-state index is -3.62. The Labute approximate surface area is 184 Å². The lowest BCUT2D eigenvalue weighted by Gasteiger charge is -2.35. The van der Waals surface area contributed by atoms with E-state index in [1.807, 2.05) is 13.1 Å². The number of benzene rings is 2. The molecule has 2 aliphatic rings. The zero-order chi connectivity index (χ0) is 21.8. The van der Waals surface area contributed by atoms with Crippen molar-refractivity contribution >= 4 is 15.9 Å². The summed E-state index contributed by atoms with van der Waals surface area (Å²) in [4.78, 5) is 15.1. The van der Waals surface area contributed by atoms with Crippen molar-refractivity contribution in [3.63, 3.8) is 0 Å². The number of hydrogen-bond donors (Lipinski definition) is 0. The molecule has 0 atom stereocenters. The molecule has 0 spiro atoms. The van der Waals surface area contributed by atoms with Crippen molar-refractivity contribution in [1.82, 2.24) is 9.21 Å². The van der Waals surface area contributed by atoms with E-state index in [1.54, 1.807) is 23.1 Å². The molecule has 2 aromatic carbocycles. The summed E-state index contributed by atoms with van der Waals surface area (Å²) in [6.07, 6.45) is 4.01. The zero-order valence-electron chi connectivity index (χ0n) is 17.9. The van der Waals surface area contributed by atoms with Crippen molar-refractivity contribution in [3.8, 4) is 0 Å². The predicted octanol–water partition coefficient (Wildman–Crippen LogP) is 3.51. The first kappa shape index (κ1) is 22.0. The third-order valence-electron chi connectivity index (χ3n) is 6.52. The fourth-order valence-electron chi connectivity index (χ4n) is 4.62. The lowest BCUT2D eigenvalue weighted by atomic mass is 9.81. The maximum atomic E-state index is 13.1. The summed E-state index contributed by atoms with van der Waals surface area (Å²) in [7, 11) is -1.79. The van der Waals surface area contributed by atoms with Crippen LogP contribution in [0.15, 0.2) is 59.5 Å². The number of ether oxygens (including phenoxy) is 1. The first-order valence-electron chi connectivity index (χ1n) is 11.0. The number of carbonyl (C=O) groups excluding carboxylic acids is 1. The summed E-state index contributed by atoms with van der Waals surface area (Å²) < 4.78 is 32.6. The number of hydrogen-bond acceptors (Lipinski definition) is 4. The summed E-state index contributed by atoms with van der Waals surface area (Å²) in [5, 5.41) is 0. The number of carbonyl (C=O) groups is 1. The van der Waals surface area contributed by atoms with Crippen LogP contribution in [0.4, 0.5) is 0 Å². The van der Waals surface area contributed by atoms with E-state index in [0.29, 0.717) is 37.8 Å². The molecular weight excluding hydrogens is 412 g/mol.